The molecule has 2 rings (SSSR count). The number of aryl methyl sites for hydroxylation is 2. The van der Waals surface area contributed by atoms with Gasteiger partial charge in [-0.05, 0) is 62.3 Å². The summed E-state index contributed by atoms with van der Waals surface area (Å²) < 4.78 is 0. The summed E-state index contributed by atoms with van der Waals surface area (Å²) in [5, 5.41) is 14.6. The quantitative estimate of drug-likeness (QED) is 0.711. The van der Waals surface area contributed by atoms with Crippen molar-refractivity contribution in [3.05, 3.63) is 34.9 Å². The Bertz CT molecular complexity index is 553. The fourth-order valence-corrected chi connectivity index (χ4v) is 2.47. The molecule has 0 radical (unpaired) electrons. The Hall–Kier alpha value is -1.88. The molecule has 1 aliphatic carbocycles. The second-order valence-electron chi connectivity index (χ2n) is 6.01. The Balaban J connectivity index is 1.82. The van der Waals surface area contributed by atoms with Gasteiger partial charge in [-0.1, -0.05) is 6.07 Å². The van der Waals surface area contributed by atoms with Crippen LogP contribution in [0.3, 0.4) is 0 Å². The average molecular weight is 304 g/mol. The lowest BCUT2D eigenvalue weighted by atomic mass is 10.1. The predicted octanol–water partition coefficient (Wildman–Crippen LogP) is 1.31. The molecule has 0 aromatic heterocycles. The van der Waals surface area contributed by atoms with Crippen molar-refractivity contribution in [2.75, 3.05) is 13.2 Å². The summed E-state index contributed by atoms with van der Waals surface area (Å²) in [5.41, 5.74) is 2.74. The Morgan fingerprint density at radius 2 is 2.00 bits per heavy atom. The molecule has 0 bridgehead atoms. The smallest absolute Gasteiger partial charge is 0.251 e. The van der Waals surface area contributed by atoms with Gasteiger partial charge in [-0.2, -0.15) is 0 Å². The monoisotopic (exact) mass is 304 g/mol. The maximum atomic E-state index is 12.0. The van der Waals surface area contributed by atoms with Crippen LogP contribution in [0.25, 0.3) is 0 Å². The molecule has 5 heteroatoms. The molecule has 120 valence electrons. The van der Waals surface area contributed by atoms with E-state index in [2.05, 4.69) is 10.6 Å². The molecule has 0 aliphatic heterocycles. The molecule has 0 saturated heterocycles. The van der Waals surface area contributed by atoms with Crippen LogP contribution in [0.1, 0.15) is 40.7 Å². The highest BCUT2D eigenvalue weighted by molar-refractivity contribution is 5.96. The summed E-state index contributed by atoms with van der Waals surface area (Å²) in [6.07, 6.45) is 2.77. The second-order valence-corrected chi connectivity index (χ2v) is 6.01. The van der Waals surface area contributed by atoms with Crippen molar-refractivity contribution in [2.24, 2.45) is 5.92 Å². The number of nitrogens with one attached hydrogen (secondary N) is 2. The van der Waals surface area contributed by atoms with Gasteiger partial charge in [-0.25, -0.2) is 0 Å². The number of aliphatic hydroxyl groups excluding tert-OH is 1. The SMILES string of the molecule is Cc1ccc(C(=O)NCC(=O)NC(CCO)C2CC2)cc1C. The average Bonchev–Trinajstić information content (AvgIpc) is 3.32. The van der Waals surface area contributed by atoms with Gasteiger partial charge in [0.25, 0.3) is 5.91 Å². The number of carbonyl (C=O) groups excluding carboxylic acids is 2. The zero-order valence-corrected chi connectivity index (χ0v) is 13.2. The molecule has 22 heavy (non-hydrogen) atoms. The lowest BCUT2D eigenvalue weighted by Gasteiger charge is -2.17. The topological polar surface area (TPSA) is 78.4 Å². The van der Waals surface area contributed by atoms with E-state index in [-0.39, 0.29) is 31.0 Å². The van der Waals surface area contributed by atoms with E-state index in [1.54, 1.807) is 6.07 Å². The zero-order valence-electron chi connectivity index (χ0n) is 13.2. The summed E-state index contributed by atoms with van der Waals surface area (Å²) >= 11 is 0. The van der Waals surface area contributed by atoms with Crippen LogP contribution in [-0.2, 0) is 4.79 Å². The summed E-state index contributed by atoms with van der Waals surface area (Å²) in [4.78, 5) is 23.9. The summed E-state index contributed by atoms with van der Waals surface area (Å²) in [5.74, 6) is 0.0254. The molecule has 1 atom stereocenters. The van der Waals surface area contributed by atoms with Crippen molar-refractivity contribution in [1.29, 1.82) is 0 Å². The highest BCUT2D eigenvalue weighted by Crippen LogP contribution is 2.33. The van der Waals surface area contributed by atoms with Gasteiger partial charge in [-0.3, -0.25) is 9.59 Å². The Kier molecular flexibility index (Phi) is 5.55. The third kappa shape index (κ3) is 4.56. The normalized spacial score (nSPS) is 15.2. The minimum absolute atomic E-state index is 0.0241. The first-order valence-corrected chi connectivity index (χ1v) is 7.77. The Morgan fingerprint density at radius 1 is 1.27 bits per heavy atom. The molecule has 1 saturated carbocycles. The number of carbonyl (C=O) groups is 2. The van der Waals surface area contributed by atoms with Gasteiger partial charge in [0.2, 0.25) is 5.91 Å². The molecular weight excluding hydrogens is 280 g/mol. The summed E-state index contributed by atoms with van der Waals surface area (Å²) in [7, 11) is 0. The lowest BCUT2D eigenvalue weighted by Crippen LogP contribution is -2.43. The molecule has 3 N–H and O–H groups in total. The van der Waals surface area contributed by atoms with Gasteiger partial charge in [0, 0.05) is 18.2 Å². The van der Waals surface area contributed by atoms with Crippen molar-refractivity contribution < 1.29 is 14.7 Å². The van der Waals surface area contributed by atoms with Gasteiger partial charge in [0.05, 0.1) is 6.54 Å². The fourth-order valence-electron chi connectivity index (χ4n) is 2.47. The number of benzene rings is 1. The molecule has 0 heterocycles. The third-order valence-corrected chi connectivity index (χ3v) is 4.16. The van der Waals surface area contributed by atoms with Crippen molar-refractivity contribution in [3.63, 3.8) is 0 Å². The Morgan fingerprint density at radius 3 is 2.59 bits per heavy atom. The first-order valence-electron chi connectivity index (χ1n) is 7.77. The standard InChI is InChI=1S/C17H24N2O3/c1-11-3-4-14(9-12(11)2)17(22)18-10-16(21)19-15(7-8-20)13-5-6-13/h3-4,9,13,15,20H,5-8,10H2,1-2H3,(H,18,22)(H,19,21). The highest BCUT2D eigenvalue weighted by atomic mass is 16.3. The highest BCUT2D eigenvalue weighted by Gasteiger charge is 2.31. The third-order valence-electron chi connectivity index (χ3n) is 4.16. The molecule has 1 unspecified atom stereocenters. The van der Waals surface area contributed by atoms with Crippen LogP contribution in [0.4, 0.5) is 0 Å². The van der Waals surface area contributed by atoms with Crippen LogP contribution in [0, 0.1) is 19.8 Å². The maximum absolute atomic E-state index is 12.0. The number of hydrogen-bond acceptors (Lipinski definition) is 3. The van der Waals surface area contributed by atoms with Gasteiger partial charge < -0.3 is 15.7 Å². The van der Waals surface area contributed by atoms with E-state index in [1.807, 2.05) is 26.0 Å². The molecule has 2 amide bonds. The van der Waals surface area contributed by atoms with E-state index in [1.165, 1.54) is 0 Å². The molecule has 0 spiro atoms. The number of hydrogen-bond donors (Lipinski definition) is 3. The lowest BCUT2D eigenvalue weighted by molar-refractivity contribution is -0.121. The second kappa shape index (κ2) is 7.40. The summed E-state index contributed by atoms with van der Waals surface area (Å²) in [6, 6.07) is 5.50. The fraction of sp³-hybridized carbons (Fsp3) is 0.529. The molecular formula is C17H24N2O3. The molecule has 5 nitrogen and oxygen atoms in total. The van der Waals surface area contributed by atoms with Gasteiger partial charge in [-0.15, -0.1) is 0 Å². The van der Waals surface area contributed by atoms with Crippen LogP contribution in [0.5, 0.6) is 0 Å². The van der Waals surface area contributed by atoms with Gasteiger partial charge in [0.1, 0.15) is 0 Å². The number of amides is 2. The minimum Gasteiger partial charge on any atom is -0.396 e. The first kappa shape index (κ1) is 16.5. The van der Waals surface area contributed by atoms with E-state index >= 15 is 0 Å². The van der Waals surface area contributed by atoms with Crippen molar-refractivity contribution in [1.82, 2.24) is 10.6 Å². The van der Waals surface area contributed by atoms with E-state index in [4.69, 9.17) is 5.11 Å². The van der Waals surface area contributed by atoms with Crippen LogP contribution in [-0.4, -0.2) is 36.1 Å². The van der Waals surface area contributed by atoms with E-state index in [0.29, 0.717) is 17.9 Å². The molecule has 1 fully saturated rings. The Labute approximate surface area is 131 Å². The first-order chi connectivity index (χ1) is 10.5. The van der Waals surface area contributed by atoms with Crippen LogP contribution in [0.15, 0.2) is 18.2 Å². The van der Waals surface area contributed by atoms with Gasteiger partial charge in [0.15, 0.2) is 0 Å². The number of aliphatic hydroxyl groups is 1. The van der Waals surface area contributed by atoms with Crippen molar-refractivity contribution in [2.45, 2.75) is 39.2 Å². The van der Waals surface area contributed by atoms with Crippen molar-refractivity contribution in [3.8, 4) is 0 Å². The van der Waals surface area contributed by atoms with Gasteiger partial charge >= 0.3 is 0 Å². The maximum Gasteiger partial charge on any atom is 0.251 e. The largest absolute Gasteiger partial charge is 0.396 e. The van der Waals surface area contributed by atoms with Crippen LogP contribution in [0.2, 0.25) is 0 Å². The molecule has 1 aliphatic rings. The van der Waals surface area contributed by atoms with E-state index in [0.717, 1.165) is 24.0 Å². The van der Waals surface area contributed by atoms with E-state index in [9.17, 15) is 9.59 Å². The zero-order chi connectivity index (χ0) is 16.1. The molecule has 1 aromatic rings. The predicted molar refractivity (Wildman–Crippen MR) is 84.6 cm³/mol. The van der Waals surface area contributed by atoms with E-state index < -0.39 is 0 Å². The minimum atomic E-state index is -0.247. The van der Waals surface area contributed by atoms with Crippen LogP contribution >= 0.6 is 0 Å². The van der Waals surface area contributed by atoms with Crippen molar-refractivity contribution >= 4 is 11.8 Å². The molecule has 1 aromatic carbocycles. The summed E-state index contributed by atoms with van der Waals surface area (Å²) in [6.45, 7) is 3.97. The van der Waals surface area contributed by atoms with Crippen LogP contribution < -0.4 is 10.6 Å². The number of rotatable bonds is 7.